The van der Waals surface area contributed by atoms with Gasteiger partial charge in [-0.1, -0.05) is 0 Å². The summed E-state index contributed by atoms with van der Waals surface area (Å²) in [4.78, 5) is 24.6. The molecule has 0 spiro atoms. The second kappa shape index (κ2) is 5.59. The van der Waals surface area contributed by atoms with Gasteiger partial charge in [0, 0.05) is 11.6 Å². The van der Waals surface area contributed by atoms with Crippen LogP contribution in [0.5, 0.6) is 0 Å². The van der Waals surface area contributed by atoms with E-state index in [-0.39, 0.29) is 30.0 Å². The predicted octanol–water partition coefficient (Wildman–Crippen LogP) is 1.91. The van der Waals surface area contributed by atoms with Crippen molar-refractivity contribution in [3.63, 3.8) is 0 Å². The molecule has 0 saturated heterocycles. The molecule has 2 N–H and O–H groups in total. The van der Waals surface area contributed by atoms with Crippen LogP contribution in [0.4, 0.5) is 4.39 Å². The van der Waals surface area contributed by atoms with E-state index in [9.17, 15) is 14.0 Å². The first-order valence-corrected chi connectivity index (χ1v) is 6.88. The summed E-state index contributed by atoms with van der Waals surface area (Å²) in [6.07, 6.45) is 1.63. The van der Waals surface area contributed by atoms with Crippen LogP contribution in [0.25, 0.3) is 11.3 Å². The van der Waals surface area contributed by atoms with Crippen LogP contribution in [0.15, 0.2) is 30.3 Å². The molecule has 2 aromatic rings. The summed E-state index contributed by atoms with van der Waals surface area (Å²) < 4.78 is 12.9. The average molecular weight is 303 g/mol. The van der Waals surface area contributed by atoms with E-state index >= 15 is 0 Å². The number of nitrogens with one attached hydrogen (secondary N) is 1. The molecule has 1 fully saturated rings. The largest absolute Gasteiger partial charge is 0.480 e. The van der Waals surface area contributed by atoms with Gasteiger partial charge in [0.15, 0.2) is 0 Å². The van der Waals surface area contributed by atoms with E-state index in [0.717, 1.165) is 12.8 Å². The van der Waals surface area contributed by atoms with Gasteiger partial charge in [-0.05, 0) is 43.2 Å². The number of aliphatic carboxylic acids is 1. The lowest BCUT2D eigenvalue weighted by atomic mass is 10.1. The van der Waals surface area contributed by atoms with E-state index in [2.05, 4.69) is 10.2 Å². The van der Waals surface area contributed by atoms with Gasteiger partial charge in [0.2, 0.25) is 0 Å². The Balaban J connectivity index is 1.81. The topological polar surface area (TPSA) is 86.3 Å². The Morgan fingerprint density at radius 1 is 1.32 bits per heavy atom. The first kappa shape index (κ1) is 14.2. The Morgan fingerprint density at radius 2 is 2.00 bits per heavy atom. The Labute approximate surface area is 125 Å². The summed E-state index contributed by atoms with van der Waals surface area (Å²) in [6, 6.07) is 7.29. The summed E-state index contributed by atoms with van der Waals surface area (Å²) in [5.74, 6) is -1.78. The van der Waals surface area contributed by atoms with Crippen LogP contribution >= 0.6 is 0 Å². The fourth-order valence-corrected chi connectivity index (χ4v) is 2.25. The number of nitrogens with zero attached hydrogens (tertiary/aromatic N) is 2. The van der Waals surface area contributed by atoms with Gasteiger partial charge in [-0.2, -0.15) is 5.10 Å². The fraction of sp³-hybridized carbons (Fsp3) is 0.267. The van der Waals surface area contributed by atoms with Gasteiger partial charge >= 0.3 is 5.97 Å². The second-order valence-corrected chi connectivity index (χ2v) is 5.23. The molecule has 6 nitrogen and oxygen atoms in total. The van der Waals surface area contributed by atoms with E-state index in [0.29, 0.717) is 11.3 Å². The summed E-state index contributed by atoms with van der Waals surface area (Å²) >= 11 is 0. The molecule has 1 aromatic heterocycles. The molecule has 0 unspecified atom stereocenters. The van der Waals surface area contributed by atoms with Gasteiger partial charge < -0.3 is 10.0 Å². The standard InChI is InChI=1S/C15H14FN3O3/c16-10-3-1-9(2-4-10)12-7-13(18-17-12)15(22)19(8-14(20)21)11-5-6-11/h1-4,7,11H,5-6,8H2,(H,17,18)(H,20,21). The predicted molar refractivity (Wildman–Crippen MR) is 75.7 cm³/mol. The van der Waals surface area contributed by atoms with Crippen molar-refractivity contribution in [2.45, 2.75) is 18.9 Å². The number of amides is 1. The van der Waals surface area contributed by atoms with E-state index in [1.165, 1.54) is 17.0 Å². The first-order chi connectivity index (χ1) is 10.5. The number of carboxylic acid groups (broad SMARTS) is 1. The van der Waals surface area contributed by atoms with Crippen molar-refractivity contribution in [2.24, 2.45) is 0 Å². The number of benzene rings is 1. The molecule has 1 heterocycles. The van der Waals surface area contributed by atoms with Crippen molar-refractivity contribution in [3.05, 3.63) is 41.8 Å². The maximum atomic E-state index is 12.9. The van der Waals surface area contributed by atoms with Crippen molar-refractivity contribution in [1.82, 2.24) is 15.1 Å². The Kier molecular flexibility index (Phi) is 3.62. The molecule has 114 valence electrons. The van der Waals surface area contributed by atoms with Crippen molar-refractivity contribution >= 4 is 11.9 Å². The van der Waals surface area contributed by atoms with E-state index in [1.807, 2.05) is 0 Å². The Morgan fingerprint density at radius 3 is 2.59 bits per heavy atom. The highest BCUT2D eigenvalue weighted by atomic mass is 19.1. The third-order valence-corrected chi connectivity index (χ3v) is 3.50. The zero-order valence-corrected chi connectivity index (χ0v) is 11.6. The molecule has 0 bridgehead atoms. The smallest absolute Gasteiger partial charge is 0.323 e. The minimum absolute atomic E-state index is 0.0128. The Bertz CT molecular complexity index is 707. The van der Waals surface area contributed by atoms with Gasteiger partial charge in [-0.25, -0.2) is 4.39 Å². The molecular weight excluding hydrogens is 289 g/mol. The number of hydrogen-bond donors (Lipinski definition) is 2. The first-order valence-electron chi connectivity index (χ1n) is 6.88. The number of hydrogen-bond acceptors (Lipinski definition) is 3. The molecule has 1 saturated carbocycles. The molecule has 3 rings (SSSR count). The van der Waals surface area contributed by atoms with E-state index in [4.69, 9.17) is 5.11 Å². The van der Waals surface area contributed by atoms with Crippen LogP contribution in [-0.4, -0.2) is 44.7 Å². The van der Waals surface area contributed by atoms with Crippen LogP contribution in [0.2, 0.25) is 0 Å². The molecule has 1 aliphatic carbocycles. The normalized spacial score (nSPS) is 13.9. The Hall–Kier alpha value is -2.70. The number of H-pyrrole nitrogens is 1. The summed E-state index contributed by atoms with van der Waals surface area (Å²) in [7, 11) is 0. The number of carbonyl (C=O) groups excluding carboxylic acids is 1. The highest BCUT2D eigenvalue weighted by molar-refractivity contribution is 5.95. The quantitative estimate of drug-likeness (QED) is 0.883. The third-order valence-electron chi connectivity index (χ3n) is 3.50. The van der Waals surface area contributed by atoms with Gasteiger partial charge in [0.05, 0.1) is 5.69 Å². The van der Waals surface area contributed by atoms with Crippen LogP contribution in [0.1, 0.15) is 23.3 Å². The molecule has 0 atom stereocenters. The van der Waals surface area contributed by atoms with Gasteiger partial charge in [-0.15, -0.1) is 0 Å². The van der Waals surface area contributed by atoms with Crippen LogP contribution < -0.4 is 0 Å². The van der Waals surface area contributed by atoms with Crippen molar-refractivity contribution < 1.29 is 19.1 Å². The lowest BCUT2D eigenvalue weighted by Gasteiger charge is -2.18. The summed E-state index contributed by atoms with van der Waals surface area (Å²) in [5, 5.41) is 15.6. The van der Waals surface area contributed by atoms with E-state index in [1.54, 1.807) is 18.2 Å². The number of halogens is 1. The van der Waals surface area contributed by atoms with Gasteiger partial charge in [-0.3, -0.25) is 14.7 Å². The van der Waals surface area contributed by atoms with Crippen LogP contribution in [-0.2, 0) is 4.79 Å². The zero-order valence-electron chi connectivity index (χ0n) is 11.6. The molecule has 0 radical (unpaired) electrons. The van der Waals surface area contributed by atoms with Crippen LogP contribution in [0, 0.1) is 5.82 Å². The molecule has 1 aliphatic rings. The zero-order chi connectivity index (χ0) is 15.7. The molecule has 1 aromatic carbocycles. The summed E-state index contributed by atoms with van der Waals surface area (Å²) in [5.41, 5.74) is 1.41. The number of aromatic amines is 1. The number of carboxylic acids is 1. The van der Waals surface area contributed by atoms with Crippen LogP contribution in [0.3, 0.4) is 0 Å². The SMILES string of the molecule is O=C(O)CN(C(=O)c1cc(-c2ccc(F)cc2)n[nH]1)C1CC1. The highest BCUT2D eigenvalue weighted by Gasteiger charge is 2.35. The lowest BCUT2D eigenvalue weighted by Crippen LogP contribution is -2.37. The minimum Gasteiger partial charge on any atom is -0.480 e. The lowest BCUT2D eigenvalue weighted by molar-refractivity contribution is -0.137. The molecule has 22 heavy (non-hydrogen) atoms. The average Bonchev–Trinajstić information content (AvgIpc) is 3.21. The molecule has 7 heteroatoms. The highest BCUT2D eigenvalue weighted by Crippen LogP contribution is 2.28. The second-order valence-electron chi connectivity index (χ2n) is 5.23. The molecule has 1 amide bonds. The molecular formula is C15H14FN3O3. The van der Waals surface area contributed by atoms with Gasteiger partial charge in [0.25, 0.3) is 5.91 Å². The van der Waals surface area contributed by atoms with Gasteiger partial charge in [0.1, 0.15) is 18.1 Å². The maximum absolute atomic E-state index is 12.9. The maximum Gasteiger partial charge on any atom is 0.323 e. The number of carbonyl (C=O) groups is 2. The van der Waals surface area contributed by atoms with Crippen molar-refractivity contribution in [2.75, 3.05) is 6.54 Å². The minimum atomic E-state index is -1.04. The third kappa shape index (κ3) is 2.98. The van der Waals surface area contributed by atoms with Crippen molar-refractivity contribution in [1.29, 1.82) is 0 Å². The molecule has 0 aliphatic heterocycles. The number of aromatic nitrogens is 2. The van der Waals surface area contributed by atoms with E-state index < -0.39 is 5.97 Å². The number of rotatable bonds is 5. The fourth-order valence-electron chi connectivity index (χ4n) is 2.25. The van der Waals surface area contributed by atoms with Crippen molar-refractivity contribution in [3.8, 4) is 11.3 Å². The monoisotopic (exact) mass is 303 g/mol. The summed E-state index contributed by atoms with van der Waals surface area (Å²) in [6.45, 7) is -0.325.